The number of carbonyl (C=O) groups excluding carboxylic acids is 2. The van der Waals surface area contributed by atoms with E-state index in [-0.39, 0.29) is 24.3 Å². The lowest BCUT2D eigenvalue weighted by Crippen LogP contribution is -2.31. The minimum absolute atomic E-state index is 0.0403. The molecular formula is C19H22N2O2. The summed E-state index contributed by atoms with van der Waals surface area (Å²) in [5.41, 5.74) is 3.07. The minimum atomic E-state index is -0.188. The van der Waals surface area contributed by atoms with E-state index in [1.54, 1.807) is 24.3 Å². The maximum absolute atomic E-state index is 12.2. The van der Waals surface area contributed by atoms with Crippen molar-refractivity contribution in [2.24, 2.45) is 0 Å². The largest absolute Gasteiger partial charge is 0.350 e. The van der Waals surface area contributed by atoms with Crippen LogP contribution in [0.1, 0.15) is 35.3 Å². The van der Waals surface area contributed by atoms with Crippen LogP contribution in [0.4, 0.5) is 5.69 Å². The summed E-state index contributed by atoms with van der Waals surface area (Å²) < 4.78 is 0. The van der Waals surface area contributed by atoms with Gasteiger partial charge in [-0.3, -0.25) is 9.59 Å². The van der Waals surface area contributed by atoms with Gasteiger partial charge in [-0.1, -0.05) is 42.0 Å². The lowest BCUT2D eigenvalue weighted by Gasteiger charge is -2.13. The second kappa shape index (κ2) is 7.58. The van der Waals surface area contributed by atoms with Crippen LogP contribution in [0, 0.1) is 6.92 Å². The number of rotatable bonds is 5. The molecule has 0 heterocycles. The molecule has 2 rings (SSSR count). The molecule has 0 saturated carbocycles. The van der Waals surface area contributed by atoms with E-state index in [1.165, 1.54) is 0 Å². The van der Waals surface area contributed by atoms with Gasteiger partial charge in [-0.05, 0) is 38.5 Å². The second-order valence-corrected chi connectivity index (χ2v) is 5.89. The van der Waals surface area contributed by atoms with Gasteiger partial charge >= 0.3 is 0 Å². The highest BCUT2D eigenvalue weighted by Crippen LogP contribution is 2.16. The fraction of sp³-hybridized carbons (Fsp3) is 0.263. The highest BCUT2D eigenvalue weighted by molar-refractivity contribution is 6.04. The summed E-state index contributed by atoms with van der Waals surface area (Å²) >= 11 is 0. The van der Waals surface area contributed by atoms with E-state index in [0.29, 0.717) is 11.3 Å². The molecule has 4 heteroatoms. The maximum atomic E-state index is 12.2. The van der Waals surface area contributed by atoms with Crippen molar-refractivity contribution in [3.05, 3.63) is 65.2 Å². The Hall–Kier alpha value is -2.62. The molecule has 2 amide bonds. The van der Waals surface area contributed by atoms with Crippen molar-refractivity contribution in [3.8, 4) is 0 Å². The topological polar surface area (TPSA) is 58.2 Å². The van der Waals surface area contributed by atoms with Crippen LogP contribution in [-0.4, -0.2) is 17.9 Å². The molecule has 0 radical (unpaired) electrons. The zero-order valence-electron chi connectivity index (χ0n) is 13.7. The number of hydrogen-bond acceptors (Lipinski definition) is 2. The summed E-state index contributed by atoms with van der Waals surface area (Å²) in [7, 11) is 0. The molecule has 2 N–H and O–H groups in total. The number of nitrogens with one attached hydrogen (secondary N) is 2. The van der Waals surface area contributed by atoms with Crippen LogP contribution in [-0.2, 0) is 11.2 Å². The Morgan fingerprint density at radius 2 is 1.78 bits per heavy atom. The first-order valence-electron chi connectivity index (χ1n) is 7.71. The normalized spacial score (nSPS) is 10.4. The smallest absolute Gasteiger partial charge is 0.253 e. The van der Waals surface area contributed by atoms with Gasteiger partial charge in [0.25, 0.3) is 5.91 Å². The number of anilines is 1. The van der Waals surface area contributed by atoms with Crippen LogP contribution in [0.15, 0.2) is 48.5 Å². The summed E-state index contributed by atoms with van der Waals surface area (Å²) in [4.78, 5) is 24.4. The van der Waals surface area contributed by atoms with Crippen LogP contribution in [0.3, 0.4) is 0 Å². The van der Waals surface area contributed by atoms with Crippen LogP contribution >= 0.6 is 0 Å². The van der Waals surface area contributed by atoms with Gasteiger partial charge < -0.3 is 10.6 Å². The van der Waals surface area contributed by atoms with Crippen LogP contribution in [0.2, 0.25) is 0 Å². The van der Waals surface area contributed by atoms with E-state index in [2.05, 4.69) is 10.6 Å². The molecule has 0 aliphatic rings. The van der Waals surface area contributed by atoms with E-state index in [9.17, 15) is 9.59 Å². The van der Waals surface area contributed by atoms with E-state index in [4.69, 9.17) is 0 Å². The highest BCUT2D eigenvalue weighted by atomic mass is 16.2. The van der Waals surface area contributed by atoms with E-state index in [1.807, 2.05) is 45.0 Å². The molecule has 23 heavy (non-hydrogen) atoms. The Kier molecular flexibility index (Phi) is 5.52. The van der Waals surface area contributed by atoms with Crippen molar-refractivity contribution < 1.29 is 9.59 Å². The first-order chi connectivity index (χ1) is 11.0. The van der Waals surface area contributed by atoms with Crippen molar-refractivity contribution in [1.82, 2.24) is 5.32 Å². The minimum Gasteiger partial charge on any atom is -0.350 e. The molecule has 0 saturated heterocycles. The van der Waals surface area contributed by atoms with Gasteiger partial charge in [0.15, 0.2) is 0 Å². The predicted molar refractivity (Wildman–Crippen MR) is 92.6 cm³/mol. The van der Waals surface area contributed by atoms with Crippen molar-refractivity contribution in [1.29, 1.82) is 0 Å². The fourth-order valence-electron chi connectivity index (χ4n) is 2.33. The SMILES string of the molecule is Cc1cccc(CC(=O)Nc2ccccc2C(=O)NC(C)C)c1. The van der Waals surface area contributed by atoms with Crippen molar-refractivity contribution in [3.63, 3.8) is 0 Å². The van der Waals surface area contributed by atoms with Crippen LogP contribution in [0.5, 0.6) is 0 Å². The van der Waals surface area contributed by atoms with Gasteiger partial charge in [-0.2, -0.15) is 0 Å². The number of aryl methyl sites for hydroxylation is 1. The van der Waals surface area contributed by atoms with Gasteiger partial charge in [0, 0.05) is 6.04 Å². The van der Waals surface area contributed by atoms with Gasteiger partial charge in [0.05, 0.1) is 17.7 Å². The molecule has 0 aliphatic heterocycles. The molecule has 0 spiro atoms. The Morgan fingerprint density at radius 1 is 1.04 bits per heavy atom. The number of benzene rings is 2. The summed E-state index contributed by atoms with van der Waals surface area (Å²) in [6.45, 7) is 5.79. The number of hydrogen-bond donors (Lipinski definition) is 2. The fourth-order valence-corrected chi connectivity index (χ4v) is 2.33. The Labute approximate surface area is 136 Å². The first-order valence-corrected chi connectivity index (χ1v) is 7.71. The summed E-state index contributed by atoms with van der Waals surface area (Å²) in [6.07, 6.45) is 0.280. The molecule has 2 aromatic rings. The molecule has 0 fully saturated rings. The van der Waals surface area contributed by atoms with Crippen molar-refractivity contribution >= 4 is 17.5 Å². The van der Waals surface area contributed by atoms with Crippen LogP contribution < -0.4 is 10.6 Å². The van der Waals surface area contributed by atoms with E-state index in [0.717, 1.165) is 11.1 Å². The Morgan fingerprint density at radius 3 is 2.48 bits per heavy atom. The monoisotopic (exact) mass is 310 g/mol. The first kappa shape index (κ1) is 16.7. The molecule has 0 aliphatic carbocycles. The Balaban J connectivity index is 2.10. The molecule has 0 unspecified atom stereocenters. The molecular weight excluding hydrogens is 288 g/mol. The summed E-state index contributed by atoms with van der Waals surface area (Å²) in [5, 5.41) is 5.67. The van der Waals surface area contributed by atoms with Crippen LogP contribution in [0.25, 0.3) is 0 Å². The number of amides is 2. The lowest BCUT2D eigenvalue weighted by atomic mass is 10.1. The molecule has 4 nitrogen and oxygen atoms in total. The van der Waals surface area contributed by atoms with Crippen molar-refractivity contribution in [2.45, 2.75) is 33.2 Å². The molecule has 0 bridgehead atoms. The summed E-state index contributed by atoms with van der Waals surface area (Å²) in [5.74, 6) is -0.327. The highest BCUT2D eigenvalue weighted by Gasteiger charge is 2.14. The molecule has 2 aromatic carbocycles. The average molecular weight is 310 g/mol. The second-order valence-electron chi connectivity index (χ2n) is 5.89. The summed E-state index contributed by atoms with van der Waals surface area (Å²) in [6, 6.07) is 14.9. The predicted octanol–water partition coefficient (Wildman–Crippen LogP) is 3.31. The molecule has 120 valence electrons. The third-order valence-electron chi connectivity index (χ3n) is 3.31. The quantitative estimate of drug-likeness (QED) is 0.890. The molecule has 0 aromatic heterocycles. The average Bonchev–Trinajstić information content (AvgIpc) is 2.46. The van der Waals surface area contributed by atoms with Gasteiger partial charge in [0.2, 0.25) is 5.91 Å². The van der Waals surface area contributed by atoms with Gasteiger partial charge in [-0.15, -0.1) is 0 Å². The van der Waals surface area contributed by atoms with Gasteiger partial charge in [0.1, 0.15) is 0 Å². The number of para-hydroxylation sites is 1. The lowest BCUT2D eigenvalue weighted by molar-refractivity contribution is -0.115. The zero-order valence-corrected chi connectivity index (χ0v) is 13.7. The van der Waals surface area contributed by atoms with Gasteiger partial charge in [-0.25, -0.2) is 0 Å². The van der Waals surface area contributed by atoms with E-state index < -0.39 is 0 Å². The third kappa shape index (κ3) is 4.95. The standard InChI is InChI=1S/C19H22N2O2/c1-13(2)20-19(23)16-9-4-5-10-17(16)21-18(22)12-15-8-6-7-14(3)11-15/h4-11,13H,12H2,1-3H3,(H,20,23)(H,21,22). The maximum Gasteiger partial charge on any atom is 0.253 e. The third-order valence-corrected chi connectivity index (χ3v) is 3.31. The Bertz CT molecular complexity index is 708. The van der Waals surface area contributed by atoms with E-state index >= 15 is 0 Å². The zero-order chi connectivity index (χ0) is 16.8. The van der Waals surface area contributed by atoms with Crippen molar-refractivity contribution in [2.75, 3.05) is 5.32 Å². The number of carbonyl (C=O) groups is 2. The molecule has 0 atom stereocenters.